The third-order valence-electron chi connectivity index (χ3n) is 3.72. The molecule has 1 aliphatic rings. The molecule has 0 radical (unpaired) electrons. The molecule has 0 bridgehead atoms. The van der Waals surface area contributed by atoms with Crippen molar-refractivity contribution in [2.24, 2.45) is 0 Å². The topological polar surface area (TPSA) is 45.2 Å². The van der Waals surface area contributed by atoms with Crippen molar-refractivity contribution in [2.75, 3.05) is 25.0 Å². The molecule has 1 aromatic rings. The summed E-state index contributed by atoms with van der Waals surface area (Å²) in [5, 5.41) is 3.25. The molecule has 2 heterocycles. The van der Waals surface area contributed by atoms with Crippen LogP contribution in [0, 0.1) is 0 Å². The second-order valence-electron chi connectivity index (χ2n) is 5.39. The Morgan fingerprint density at radius 3 is 2.65 bits per heavy atom. The minimum Gasteiger partial charge on any atom is -0.369 e. The average molecular weight is 275 g/mol. The van der Waals surface area contributed by atoms with E-state index in [-0.39, 0.29) is 5.91 Å². The van der Waals surface area contributed by atoms with Gasteiger partial charge in [-0.25, -0.2) is 4.98 Å². The van der Waals surface area contributed by atoms with E-state index in [2.05, 4.69) is 17.2 Å². The second-order valence-corrected chi connectivity index (χ2v) is 5.39. The van der Waals surface area contributed by atoms with Crippen LogP contribution in [-0.2, 0) is 0 Å². The number of aromatic nitrogens is 1. The Hall–Kier alpha value is -1.58. The van der Waals surface area contributed by atoms with Gasteiger partial charge >= 0.3 is 0 Å². The number of hydrogen-bond acceptors (Lipinski definition) is 3. The van der Waals surface area contributed by atoms with Crippen LogP contribution >= 0.6 is 0 Å². The fraction of sp³-hybridized carbons (Fsp3) is 0.625. The van der Waals surface area contributed by atoms with E-state index >= 15 is 0 Å². The molecule has 0 spiro atoms. The van der Waals surface area contributed by atoms with Gasteiger partial charge in [0.1, 0.15) is 5.82 Å². The third kappa shape index (κ3) is 3.95. The van der Waals surface area contributed by atoms with Gasteiger partial charge in [-0.05, 0) is 31.4 Å². The largest absolute Gasteiger partial charge is 0.369 e. The number of carbonyl (C=O) groups is 1. The number of amides is 1. The summed E-state index contributed by atoms with van der Waals surface area (Å²) in [5.41, 5.74) is 0.710. The van der Waals surface area contributed by atoms with Crippen LogP contribution in [-0.4, -0.2) is 35.4 Å². The minimum absolute atomic E-state index is 0.124. The molecule has 1 saturated heterocycles. The van der Waals surface area contributed by atoms with Crippen molar-refractivity contribution in [1.82, 2.24) is 9.88 Å². The highest BCUT2D eigenvalue weighted by Crippen LogP contribution is 2.17. The quantitative estimate of drug-likeness (QED) is 0.917. The predicted molar refractivity (Wildman–Crippen MR) is 82.0 cm³/mol. The summed E-state index contributed by atoms with van der Waals surface area (Å²) in [4.78, 5) is 19.0. The monoisotopic (exact) mass is 275 g/mol. The van der Waals surface area contributed by atoms with Gasteiger partial charge in [-0.2, -0.15) is 0 Å². The van der Waals surface area contributed by atoms with Gasteiger partial charge in [-0.1, -0.05) is 26.2 Å². The lowest BCUT2D eigenvalue weighted by molar-refractivity contribution is 0.0743. The van der Waals surface area contributed by atoms with E-state index in [1.54, 1.807) is 6.20 Å². The van der Waals surface area contributed by atoms with Gasteiger partial charge in [-0.3, -0.25) is 4.79 Å². The maximum Gasteiger partial charge on any atom is 0.257 e. The molecule has 1 amide bonds. The van der Waals surface area contributed by atoms with Crippen LogP contribution in [0.25, 0.3) is 0 Å². The predicted octanol–water partition coefficient (Wildman–Crippen LogP) is 3.31. The Bertz CT molecular complexity index is 425. The minimum atomic E-state index is 0.124. The van der Waals surface area contributed by atoms with Gasteiger partial charge < -0.3 is 10.2 Å². The number of nitrogens with one attached hydrogen (secondary N) is 1. The van der Waals surface area contributed by atoms with Gasteiger partial charge in [0.15, 0.2) is 0 Å². The van der Waals surface area contributed by atoms with Crippen LogP contribution in [0.1, 0.15) is 55.8 Å². The molecule has 1 fully saturated rings. The molecule has 0 aliphatic carbocycles. The van der Waals surface area contributed by atoms with Crippen LogP contribution in [0.4, 0.5) is 5.82 Å². The molecule has 1 aromatic heterocycles. The molecule has 2 rings (SSSR count). The fourth-order valence-corrected chi connectivity index (χ4v) is 2.58. The molecule has 20 heavy (non-hydrogen) atoms. The van der Waals surface area contributed by atoms with Crippen LogP contribution in [0.5, 0.6) is 0 Å². The molecule has 4 heteroatoms. The maximum atomic E-state index is 12.7. The van der Waals surface area contributed by atoms with Gasteiger partial charge in [0.05, 0.1) is 5.56 Å². The van der Waals surface area contributed by atoms with Crippen molar-refractivity contribution >= 4 is 11.7 Å². The lowest BCUT2D eigenvalue weighted by Crippen LogP contribution is -2.34. The standard InChI is InChI=1S/C16H25N3O/c1-2-10-17-15-14(9-8-11-18-15)16(20)19-12-6-4-3-5-7-13-19/h8-9,11H,2-7,10,12-13H2,1H3,(H,17,18). The van der Waals surface area contributed by atoms with E-state index in [1.807, 2.05) is 17.0 Å². The number of rotatable bonds is 4. The zero-order valence-electron chi connectivity index (χ0n) is 12.4. The number of carbonyl (C=O) groups excluding carboxylic acids is 1. The number of nitrogens with zero attached hydrogens (tertiary/aromatic N) is 2. The lowest BCUT2D eigenvalue weighted by atomic mass is 10.1. The third-order valence-corrected chi connectivity index (χ3v) is 3.72. The van der Waals surface area contributed by atoms with Crippen molar-refractivity contribution in [3.63, 3.8) is 0 Å². The van der Waals surface area contributed by atoms with Crippen LogP contribution in [0.3, 0.4) is 0 Å². The zero-order valence-corrected chi connectivity index (χ0v) is 12.4. The molecular formula is C16H25N3O. The van der Waals surface area contributed by atoms with Crippen LogP contribution < -0.4 is 5.32 Å². The molecule has 0 aromatic carbocycles. The van der Waals surface area contributed by atoms with E-state index in [0.717, 1.165) is 44.7 Å². The molecule has 1 N–H and O–H groups in total. The average Bonchev–Trinajstić information content (AvgIpc) is 2.44. The van der Waals surface area contributed by atoms with Gasteiger partial charge in [0.2, 0.25) is 0 Å². The first-order valence-electron chi connectivity index (χ1n) is 7.81. The van der Waals surface area contributed by atoms with Crippen molar-refractivity contribution in [2.45, 2.75) is 45.4 Å². The number of anilines is 1. The Labute approximate surface area is 121 Å². The lowest BCUT2D eigenvalue weighted by Gasteiger charge is -2.25. The van der Waals surface area contributed by atoms with E-state index in [1.165, 1.54) is 19.3 Å². The first kappa shape index (κ1) is 14.8. The van der Waals surface area contributed by atoms with E-state index < -0.39 is 0 Å². The first-order chi connectivity index (χ1) is 9.83. The van der Waals surface area contributed by atoms with Crippen molar-refractivity contribution in [1.29, 1.82) is 0 Å². The molecule has 110 valence electrons. The second kappa shape index (κ2) is 7.88. The summed E-state index contributed by atoms with van der Waals surface area (Å²) in [7, 11) is 0. The van der Waals surface area contributed by atoms with Gasteiger partial charge in [0.25, 0.3) is 5.91 Å². The Morgan fingerprint density at radius 1 is 1.25 bits per heavy atom. The Balaban J connectivity index is 2.10. The first-order valence-corrected chi connectivity index (χ1v) is 7.81. The zero-order chi connectivity index (χ0) is 14.2. The van der Waals surface area contributed by atoms with Crippen LogP contribution in [0.2, 0.25) is 0 Å². The summed E-state index contributed by atoms with van der Waals surface area (Å²) in [6, 6.07) is 3.72. The SMILES string of the molecule is CCCNc1ncccc1C(=O)N1CCCCCCC1. The Kier molecular flexibility index (Phi) is 5.84. The van der Waals surface area contributed by atoms with Crippen molar-refractivity contribution in [3.05, 3.63) is 23.9 Å². The summed E-state index contributed by atoms with van der Waals surface area (Å²) in [5.74, 6) is 0.847. The fourth-order valence-electron chi connectivity index (χ4n) is 2.58. The highest BCUT2D eigenvalue weighted by molar-refractivity contribution is 5.98. The van der Waals surface area contributed by atoms with Gasteiger partial charge in [-0.15, -0.1) is 0 Å². The van der Waals surface area contributed by atoms with Gasteiger partial charge in [0, 0.05) is 25.8 Å². The highest BCUT2D eigenvalue weighted by atomic mass is 16.2. The van der Waals surface area contributed by atoms with Crippen molar-refractivity contribution < 1.29 is 4.79 Å². The highest BCUT2D eigenvalue weighted by Gasteiger charge is 2.19. The van der Waals surface area contributed by atoms with E-state index in [4.69, 9.17) is 0 Å². The normalized spacial score (nSPS) is 16.4. The van der Waals surface area contributed by atoms with E-state index in [0.29, 0.717) is 5.56 Å². The molecule has 0 unspecified atom stereocenters. The molecule has 0 atom stereocenters. The van der Waals surface area contributed by atoms with E-state index in [9.17, 15) is 4.79 Å². The smallest absolute Gasteiger partial charge is 0.257 e. The molecular weight excluding hydrogens is 250 g/mol. The molecule has 0 saturated carbocycles. The maximum absolute atomic E-state index is 12.7. The Morgan fingerprint density at radius 2 is 1.95 bits per heavy atom. The number of likely N-dealkylation sites (tertiary alicyclic amines) is 1. The summed E-state index contributed by atoms with van der Waals surface area (Å²) >= 11 is 0. The molecule has 4 nitrogen and oxygen atoms in total. The number of hydrogen-bond donors (Lipinski definition) is 1. The summed E-state index contributed by atoms with van der Waals surface area (Å²) < 4.78 is 0. The van der Waals surface area contributed by atoms with Crippen LogP contribution in [0.15, 0.2) is 18.3 Å². The number of pyridine rings is 1. The summed E-state index contributed by atoms with van der Waals surface area (Å²) in [6.07, 6.45) is 8.76. The molecule has 1 aliphatic heterocycles. The van der Waals surface area contributed by atoms with Crippen molar-refractivity contribution in [3.8, 4) is 0 Å². The summed E-state index contributed by atoms with van der Waals surface area (Å²) in [6.45, 7) is 4.70.